The fourth-order valence-electron chi connectivity index (χ4n) is 2.06. The molecule has 0 unspecified atom stereocenters. The molecule has 0 radical (unpaired) electrons. The fraction of sp³-hybridized carbons (Fsp3) is 0.556. The van der Waals surface area contributed by atoms with Crippen LogP contribution in [-0.2, 0) is 21.3 Å². The summed E-state index contributed by atoms with van der Waals surface area (Å²) in [7, 11) is -4.27. The quantitative estimate of drug-likeness (QED) is 0.623. The standard InChI is InChI=1S/C18H28O4S/c1-8-15(22-18(6,7)17(3,4)5)12-14-11-13(2)9-10-16(14)23(19,20)21/h8-11,15H,1,12H2,2-7H3,(H,19,20,21)/t15-/m0/s1. The highest BCUT2D eigenvalue weighted by Gasteiger charge is 2.35. The van der Waals surface area contributed by atoms with Gasteiger partial charge in [-0.1, -0.05) is 44.5 Å². The van der Waals surface area contributed by atoms with Crippen molar-refractivity contribution in [3.05, 3.63) is 42.0 Å². The molecule has 0 heterocycles. The van der Waals surface area contributed by atoms with Crippen LogP contribution in [0.15, 0.2) is 35.7 Å². The Hall–Kier alpha value is -1.17. The first-order valence-electron chi connectivity index (χ1n) is 7.65. The number of hydrogen-bond donors (Lipinski definition) is 1. The van der Waals surface area contributed by atoms with Gasteiger partial charge in [-0.25, -0.2) is 0 Å². The van der Waals surface area contributed by atoms with E-state index < -0.39 is 15.7 Å². The molecule has 0 spiro atoms. The van der Waals surface area contributed by atoms with Crippen molar-refractivity contribution < 1.29 is 17.7 Å². The third kappa shape index (κ3) is 5.16. The Labute approximate surface area is 140 Å². The van der Waals surface area contributed by atoms with Crippen LogP contribution in [0.3, 0.4) is 0 Å². The molecule has 0 saturated carbocycles. The average molecular weight is 340 g/mol. The van der Waals surface area contributed by atoms with E-state index in [-0.39, 0.29) is 16.4 Å². The maximum absolute atomic E-state index is 11.6. The SMILES string of the molecule is C=C[C@@H](Cc1cc(C)ccc1S(=O)(=O)O)OC(C)(C)C(C)(C)C. The monoisotopic (exact) mass is 340 g/mol. The molecular formula is C18H28O4S. The van der Waals surface area contributed by atoms with Crippen molar-refractivity contribution in [2.75, 3.05) is 0 Å². The minimum atomic E-state index is -4.27. The predicted octanol–water partition coefficient (Wildman–Crippen LogP) is 4.18. The van der Waals surface area contributed by atoms with Gasteiger partial charge in [0, 0.05) is 6.42 Å². The summed E-state index contributed by atoms with van der Waals surface area (Å²) >= 11 is 0. The number of ether oxygens (including phenoxy) is 1. The average Bonchev–Trinajstić information content (AvgIpc) is 2.34. The third-order valence-electron chi connectivity index (χ3n) is 4.43. The molecule has 1 aromatic rings. The van der Waals surface area contributed by atoms with Gasteiger partial charge in [0.15, 0.2) is 0 Å². The van der Waals surface area contributed by atoms with E-state index in [4.69, 9.17) is 4.74 Å². The van der Waals surface area contributed by atoms with Crippen molar-refractivity contribution in [1.29, 1.82) is 0 Å². The molecule has 23 heavy (non-hydrogen) atoms. The van der Waals surface area contributed by atoms with Gasteiger partial charge in [0.2, 0.25) is 0 Å². The molecule has 0 aromatic heterocycles. The van der Waals surface area contributed by atoms with Crippen molar-refractivity contribution in [3.63, 3.8) is 0 Å². The lowest BCUT2D eigenvalue weighted by molar-refractivity contribution is -0.115. The van der Waals surface area contributed by atoms with Gasteiger partial charge in [0.1, 0.15) is 0 Å². The van der Waals surface area contributed by atoms with Crippen LogP contribution < -0.4 is 0 Å². The highest BCUT2D eigenvalue weighted by Crippen LogP contribution is 2.35. The smallest absolute Gasteiger partial charge is 0.294 e. The highest BCUT2D eigenvalue weighted by atomic mass is 32.2. The topological polar surface area (TPSA) is 63.6 Å². The van der Waals surface area contributed by atoms with Crippen LogP contribution >= 0.6 is 0 Å². The number of hydrogen-bond acceptors (Lipinski definition) is 3. The number of aryl methyl sites for hydroxylation is 1. The lowest BCUT2D eigenvalue weighted by atomic mass is 9.79. The van der Waals surface area contributed by atoms with E-state index in [0.717, 1.165) is 5.56 Å². The molecule has 0 aliphatic carbocycles. The summed E-state index contributed by atoms with van der Waals surface area (Å²) in [6.07, 6.45) is 1.65. The van der Waals surface area contributed by atoms with E-state index in [1.54, 1.807) is 18.2 Å². The lowest BCUT2D eigenvalue weighted by Crippen LogP contribution is -2.42. The molecule has 1 atom stereocenters. The zero-order valence-electron chi connectivity index (χ0n) is 14.9. The summed E-state index contributed by atoms with van der Waals surface area (Å²) in [6.45, 7) is 15.9. The van der Waals surface area contributed by atoms with Gasteiger partial charge in [-0.3, -0.25) is 4.55 Å². The fourth-order valence-corrected chi connectivity index (χ4v) is 2.78. The molecule has 1 aromatic carbocycles. The maximum Gasteiger partial charge on any atom is 0.294 e. The Kier molecular flexibility index (Phi) is 5.83. The summed E-state index contributed by atoms with van der Waals surface area (Å²) in [5.41, 5.74) is 0.938. The van der Waals surface area contributed by atoms with Crippen molar-refractivity contribution in [2.24, 2.45) is 5.41 Å². The molecule has 1 N–H and O–H groups in total. The van der Waals surface area contributed by atoms with E-state index in [2.05, 4.69) is 27.4 Å². The Morgan fingerprint density at radius 3 is 2.26 bits per heavy atom. The van der Waals surface area contributed by atoms with E-state index in [9.17, 15) is 13.0 Å². The van der Waals surface area contributed by atoms with E-state index >= 15 is 0 Å². The van der Waals surface area contributed by atoms with Gasteiger partial charge in [-0.2, -0.15) is 8.42 Å². The molecule has 0 aliphatic rings. The molecule has 1 rings (SSSR count). The largest absolute Gasteiger partial charge is 0.367 e. The Morgan fingerprint density at radius 1 is 1.26 bits per heavy atom. The first kappa shape index (κ1) is 19.9. The second-order valence-electron chi connectivity index (χ2n) is 7.44. The molecule has 0 fully saturated rings. The third-order valence-corrected chi connectivity index (χ3v) is 5.38. The molecular weight excluding hydrogens is 312 g/mol. The minimum Gasteiger partial charge on any atom is -0.367 e. The van der Waals surface area contributed by atoms with Gasteiger partial charge >= 0.3 is 0 Å². The lowest BCUT2D eigenvalue weighted by Gasteiger charge is -2.41. The van der Waals surface area contributed by atoms with Crippen molar-refractivity contribution in [2.45, 2.75) is 64.6 Å². The first-order valence-corrected chi connectivity index (χ1v) is 9.09. The molecule has 0 saturated heterocycles. The first-order chi connectivity index (χ1) is 10.3. The normalized spacial score (nSPS) is 14.6. The molecule has 0 amide bonds. The second-order valence-corrected chi connectivity index (χ2v) is 8.83. The number of rotatable bonds is 6. The van der Waals surface area contributed by atoms with Gasteiger partial charge in [-0.15, -0.1) is 6.58 Å². The highest BCUT2D eigenvalue weighted by molar-refractivity contribution is 7.85. The van der Waals surface area contributed by atoms with Crippen LogP contribution in [0.25, 0.3) is 0 Å². The maximum atomic E-state index is 11.6. The zero-order valence-corrected chi connectivity index (χ0v) is 15.7. The van der Waals surface area contributed by atoms with Crippen molar-refractivity contribution in [3.8, 4) is 0 Å². The second kappa shape index (κ2) is 6.75. The van der Waals surface area contributed by atoms with Crippen LogP contribution in [0, 0.1) is 12.3 Å². The molecule has 4 nitrogen and oxygen atoms in total. The van der Waals surface area contributed by atoms with Crippen LogP contribution in [0.4, 0.5) is 0 Å². The van der Waals surface area contributed by atoms with E-state index in [1.165, 1.54) is 6.07 Å². The summed E-state index contributed by atoms with van der Waals surface area (Å²) in [4.78, 5) is -0.0767. The predicted molar refractivity (Wildman–Crippen MR) is 93.3 cm³/mol. The van der Waals surface area contributed by atoms with Crippen LogP contribution in [-0.4, -0.2) is 24.7 Å². The van der Waals surface area contributed by atoms with Crippen LogP contribution in [0.1, 0.15) is 45.7 Å². The van der Waals surface area contributed by atoms with Gasteiger partial charge in [0.05, 0.1) is 16.6 Å². The Balaban J connectivity index is 3.15. The van der Waals surface area contributed by atoms with Crippen molar-refractivity contribution >= 4 is 10.1 Å². The van der Waals surface area contributed by atoms with Crippen molar-refractivity contribution in [1.82, 2.24) is 0 Å². The zero-order chi connectivity index (χ0) is 18.1. The van der Waals surface area contributed by atoms with Gasteiger partial charge in [0.25, 0.3) is 10.1 Å². The molecule has 130 valence electrons. The van der Waals surface area contributed by atoms with Gasteiger partial charge in [-0.05, 0) is 37.8 Å². The Morgan fingerprint density at radius 2 is 1.83 bits per heavy atom. The van der Waals surface area contributed by atoms with Crippen LogP contribution in [0.5, 0.6) is 0 Å². The van der Waals surface area contributed by atoms with Crippen LogP contribution in [0.2, 0.25) is 0 Å². The molecule has 5 heteroatoms. The summed E-state index contributed by atoms with van der Waals surface area (Å²) < 4.78 is 38.7. The minimum absolute atomic E-state index is 0.0767. The summed E-state index contributed by atoms with van der Waals surface area (Å²) in [5.74, 6) is 0. The Bertz CT molecular complexity index is 667. The van der Waals surface area contributed by atoms with E-state index in [0.29, 0.717) is 12.0 Å². The summed E-state index contributed by atoms with van der Waals surface area (Å²) in [6, 6.07) is 4.84. The molecule has 0 aliphatic heterocycles. The summed E-state index contributed by atoms with van der Waals surface area (Å²) in [5, 5.41) is 0. The molecule has 0 bridgehead atoms. The van der Waals surface area contributed by atoms with E-state index in [1.807, 2.05) is 20.8 Å². The van der Waals surface area contributed by atoms with Gasteiger partial charge < -0.3 is 4.74 Å². The number of benzene rings is 1.